The molecule has 1 aliphatic rings. The molecule has 2 aromatic carbocycles. The van der Waals surface area contributed by atoms with Crippen molar-refractivity contribution >= 4 is 39.9 Å². The third kappa shape index (κ3) is 4.65. The number of nitrogens with zero attached hydrogens (tertiary/aromatic N) is 3. The molecule has 1 unspecified atom stereocenters. The van der Waals surface area contributed by atoms with Gasteiger partial charge < -0.3 is 15.4 Å². The number of amides is 1. The number of aliphatic imine (C=N–C) groups is 1. The molecule has 0 spiro atoms. The lowest BCUT2D eigenvalue weighted by Crippen LogP contribution is -2.34. The summed E-state index contributed by atoms with van der Waals surface area (Å²) in [7, 11) is 0. The van der Waals surface area contributed by atoms with E-state index < -0.39 is 17.8 Å². The number of aromatic nitrogens is 3. The summed E-state index contributed by atoms with van der Waals surface area (Å²) in [5.41, 5.74) is 3.03. The number of aromatic amines is 1. The third-order valence-corrected chi connectivity index (χ3v) is 6.00. The van der Waals surface area contributed by atoms with E-state index in [-0.39, 0.29) is 5.69 Å². The number of benzene rings is 2. The number of amidine groups is 1. The Kier molecular flexibility index (Phi) is 6.39. The van der Waals surface area contributed by atoms with Crippen molar-refractivity contribution in [3.8, 4) is 5.88 Å². The van der Waals surface area contributed by atoms with Crippen LogP contribution >= 0.6 is 11.6 Å². The number of halogens is 2. The fourth-order valence-corrected chi connectivity index (χ4v) is 4.16. The van der Waals surface area contributed by atoms with Gasteiger partial charge in [0.1, 0.15) is 17.7 Å². The standard InChI is InChI=1S/C26H22ClFN6O2/c1-3-36-22-11-16(8-9-29-22)25-31-14(2)23(24(33-25)15-4-6-18(27)7-5-15)26(35)32-21-10-17-13-30-34-20(17)12-19(21)28/h4-13,24H,3H2,1-2H3,(H,30,34)(H,31,33)(H,32,35). The molecule has 0 saturated heterocycles. The molecule has 8 nitrogen and oxygen atoms in total. The van der Waals surface area contributed by atoms with E-state index in [1.54, 1.807) is 43.6 Å². The summed E-state index contributed by atoms with van der Waals surface area (Å²) in [4.78, 5) is 22.6. The Morgan fingerprint density at radius 2 is 2.00 bits per heavy atom. The van der Waals surface area contributed by atoms with Crippen LogP contribution in [0.1, 0.15) is 31.0 Å². The van der Waals surface area contributed by atoms with Gasteiger partial charge >= 0.3 is 0 Å². The van der Waals surface area contributed by atoms with Gasteiger partial charge in [-0.05, 0) is 43.7 Å². The fraction of sp³-hybridized carbons (Fsp3) is 0.154. The number of carbonyl (C=O) groups excluding carboxylic acids is 1. The number of anilines is 1. The molecule has 0 saturated carbocycles. The average Bonchev–Trinajstić information content (AvgIpc) is 3.31. The molecule has 10 heteroatoms. The van der Waals surface area contributed by atoms with E-state index in [4.69, 9.17) is 21.3 Å². The Hall–Kier alpha value is -4.24. The lowest BCUT2D eigenvalue weighted by atomic mass is 9.94. The minimum Gasteiger partial charge on any atom is -0.478 e. The molecule has 1 atom stereocenters. The molecule has 1 aliphatic heterocycles. The molecule has 5 rings (SSSR count). The third-order valence-electron chi connectivity index (χ3n) is 5.75. The fourth-order valence-electron chi connectivity index (χ4n) is 4.04. The van der Waals surface area contributed by atoms with Crippen molar-refractivity contribution in [1.82, 2.24) is 20.5 Å². The molecule has 0 aliphatic carbocycles. The number of allylic oxidation sites excluding steroid dienone is 1. The first-order valence-electron chi connectivity index (χ1n) is 11.3. The first-order valence-corrected chi connectivity index (χ1v) is 11.6. The number of fused-ring (bicyclic) bond motifs is 1. The largest absolute Gasteiger partial charge is 0.478 e. The van der Waals surface area contributed by atoms with E-state index in [0.717, 1.165) is 11.1 Å². The second-order valence-electron chi connectivity index (χ2n) is 8.15. The monoisotopic (exact) mass is 504 g/mol. The Morgan fingerprint density at radius 1 is 1.19 bits per heavy atom. The highest BCUT2D eigenvalue weighted by Gasteiger charge is 2.30. The molecule has 182 valence electrons. The molecule has 36 heavy (non-hydrogen) atoms. The van der Waals surface area contributed by atoms with Crippen molar-refractivity contribution in [2.45, 2.75) is 19.9 Å². The molecular formula is C26H22ClFN6O2. The number of ether oxygens (including phenoxy) is 1. The van der Waals surface area contributed by atoms with Crippen LogP contribution in [0.25, 0.3) is 10.9 Å². The smallest absolute Gasteiger partial charge is 0.255 e. The zero-order valence-electron chi connectivity index (χ0n) is 19.5. The second kappa shape index (κ2) is 9.79. The van der Waals surface area contributed by atoms with Crippen molar-refractivity contribution in [3.63, 3.8) is 0 Å². The van der Waals surface area contributed by atoms with Crippen molar-refractivity contribution < 1.29 is 13.9 Å². The van der Waals surface area contributed by atoms with Crippen molar-refractivity contribution in [3.05, 3.63) is 94.2 Å². The highest BCUT2D eigenvalue weighted by atomic mass is 35.5. The summed E-state index contributed by atoms with van der Waals surface area (Å²) in [6.45, 7) is 4.15. The summed E-state index contributed by atoms with van der Waals surface area (Å²) in [5, 5.41) is 13.8. The van der Waals surface area contributed by atoms with E-state index in [1.807, 2.05) is 19.1 Å². The number of pyridine rings is 1. The molecule has 3 heterocycles. The quantitative estimate of drug-likeness (QED) is 0.337. The van der Waals surface area contributed by atoms with E-state index in [9.17, 15) is 9.18 Å². The highest BCUT2D eigenvalue weighted by Crippen LogP contribution is 2.34. The van der Waals surface area contributed by atoms with Crippen LogP contribution < -0.4 is 15.4 Å². The van der Waals surface area contributed by atoms with Crippen LogP contribution in [-0.2, 0) is 4.79 Å². The number of H-pyrrole nitrogens is 1. The van der Waals surface area contributed by atoms with Crippen LogP contribution in [0.4, 0.5) is 10.1 Å². The van der Waals surface area contributed by atoms with Gasteiger partial charge in [0.15, 0.2) is 0 Å². The van der Waals surface area contributed by atoms with Crippen molar-refractivity contribution in [2.24, 2.45) is 4.99 Å². The zero-order valence-corrected chi connectivity index (χ0v) is 20.2. The molecule has 3 N–H and O–H groups in total. The van der Waals surface area contributed by atoms with Crippen LogP contribution in [-0.4, -0.2) is 33.5 Å². The van der Waals surface area contributed by atoms with Gasteiger partial charge in [-0.15, -0.1) is 0 Å². The minimum atomic E-state index is -0.664. The molecule has 4 aromatic rings. The predicted octanol–water partition coefficient (Wildman–Crippen LogP) is 5.15. The van der Waals surface area contributed by atoms with Gasteiger partial charge in [0.05, 0.1) is 29.6 Å². The van der Waals surface area contributed by atoms with Crippen LogP contribution in [0.2, 0.25) is 5.02 Å². The average molecular weight is 505 g/mol. The van der Waals surface area contributed by atoms with E-state index in [2.05, 4.69) is 25.8 Å². The molecule has 0 fully saturated rings. The summed E-state index contributed by atoms with van der Waals surface area (Å²) in [6, 6.07) is 12.9. The van der Waals surface area contributed by atoms with Crippen LogP contribution in [0.3, 0.4) is 0 Å². The maximum absolute atomic E-state index is 14.7. The van der Waals surface area contributed by atoms with Gasteiger partial charge in [-0.25, -0.2) is 9.37 Å². The normalized spacial score (nSPS) is 15.4. The Balaban J connectivity index is 1.53. The van der Waals surface area contributed by atoms with Gasteiger partial charge in [0, 0.05) is 40.0 Å². The molecule has 0 radical (unpaired) electrons. The minimum absolute atomic E-state index is 0.0503. The first kappa shape index (κ1) is 23.5. The van der Waals surface area contributed by atoms with Gasteiger partial charge in [-0.2, -0.15) is 5.10 Å². The first-order chi connectivity index (χ1) is 17.4. The number of hydrogen-bond acceptors (Lipinski definition) is 6. The molecular weight excluding hydrogens is 483 g/mol. The maximum atomic E-state index is 14.7. The van der Waals surface area contributed by atoms with Crippen LogP contribution in [0.5, 0.6) is 5.88 Å². The van der Waals surface area contributed by atoms with Gasteiger partial charge in [0.2, 0.25) is 5.88 Å². The summed E-state index contributed by atoms with van der Waals surface area (Å²) < 4.78 is 20.2. The number of hydrogen-bond donors (Lipinski definition) is 3. The Bertz CT molecular complexity index is 1510. The maximum Gasteiger partial charge on any atom is 0.255 e. The summed E-state index contributed by atoms with van der Waals surface area (Å²) in [6.07, 6.45) is 3.20. The van der Waals surface area contributed by atoms with Crippen molar-refractivity contribution in [2.75, 3.05) is 11.9 Å². The lowest BCUT2D eigenvalue weighted by molar-refractivity contribution is -0.113. The van der Waals surface area contributed by atoms with Crippen LogP contribution in [0, 0.1) is 5.82 Å². The number of rotatable bonds is 6. The topological polar surface area (TPSA) is 104 Å². The highest BCUT2D eigenvalue weighted by molar-refractivity contribution is 6.30. The van der Waals surface area contributed by atoms with E-state index >= 15 is 0 Å². The number of nitrogens with one attached hydrogen (secondary N) is 3. The SMILES string of the molecule is CCOc1cc(C2=NC(c3ccc(Cl)cc3)C(C(=O)Nc3cc4cn[nH]c4cc3F)=C(C)N2)ccn1. The van der Waals surface area contributed by atoms with Crippen molar-refractivity contribution in [1.29, 1.82) is 0 Å². The Morgan fingerprint density at radius 3 is 2.78 bits per heavy atom. The number of carbonyl (C=O) groups is 1. The Labute approximate surface area is 211 Å². The van der Waals surface area contributed by atoms with E-state index in [0.29, 0.717) is 45.5 Å². The molecule has 2 aromatic heterocycles. The predicted molar refractivity (Wildman–Crippen MR) is 137 cm³/mol. The summed E-state index contributed by atoms with van der Waals surface area (Å²) in [5.74, 6) is -0.0278. The van der Waals surface area contributed by atoms with Gasteiger partial charge in [-0.1, -0.05) is 23.7 Å². The second-order valence-corrected chi connectivity index (χ2v) is 8.59. The lowest BCUT2D eigenvalue weighted by Gasteiger charge is -2.27. The van der Waals surface area contributed by atoms with Crippen LogP contribution in [0.15, 0.2) is 77.2 Å². The summed E-state index contributed by atoms with van der Waals surface area (Å²) >= 11 is 6.10. The van der Waals surface area contributed by atoms with Gasteiger partial charge in [-0.3, -0.25) is 14.9 Å². The van der Waals surface area contributed by atoms with Gasteiger partial charge in [0.25, 0.3) is 5.91 Å². The van der Waals surface area contributed by atoms with E-state index in [1.165, 1.54) is 12.1 Å². The zero-order chi connectivity index (χ0) is 25.2. The molecule has 1 amide bonds. The molecule has 0 bridgehead atoms.